The average Bonchev–Trinajstić information content (AvgIpc) is 2.51. The number of benzene rings is 1. The van der Waals surface area contributed by atoms with Gasteiger partial charge in [0.1, 0.15) is 5.75 Å². The van der Waals surface area contributed by atoms with Gasteiger partial charge >= 0.3 is 0 Å². The van der Waals surface area contributed by atoms with Crippen LogP contribution in [0.2, 0.25) is 0 Å². The van der Waals surface area contributed by atoms with Gasteiger partial charge in [0, 0.05) is 23.7 Å². The smallest absolute Gasteiger partial charge is 0.227 e. The summed E-state index contributed by atoms with van der Waals surface area (Å²) >= 11 is 0. The number of aliphatic hydroxyl groups is 1. The Labute approximate surface area is 149 Å². The number of hydrogen-bond donors (Lipinski definition) is 2. The fourth-order valence-electron chi connectivity index (χ4n) is 4.80. The van der Waals surface area contributed by atoms with Crippen molar-refractivity contribution in [3.63, 3.8) is 0 Å². The van der Waals surface area contributed by atoms with E-state index in [1.807, 2.05) is 13.8 Å². The summed E-state index contributed by atoms with van der Waals surface area (Å²) in [6.45, 7) is 9.92. The van der Waals surface area contributed by atoms with Gasteiger partial charge in [0.05, 0.1) is 5.60 Å². The molecule has 0 bridgehead atoms. The summed E-state index contributed by atoms with van der Waals surface area (Å²) in [5.74, 6) is -0.346. The van der Waals surface area contributed by atoms with E-state index in [-0.39, 0.29) is 22.7 Å². The number of ether oxygens (including phenoxy) is 1. The minimum atomic E-state index is -0.730. The van der Waals surface area contributed by atoms with Gasteiger partial charge in [-0.25, -0.2) is 0 Å². The molecule has 2 aliphatic rings. The molecule has 4 heteroatoms. The van der Waals surface area contributed by atoms with Crippen LogP contribution in [0.25, 0.3) is 0 Å². The molecule has 0 amide bonds. The molecule has 25 heavy (non-hydrogen) atoms. The van der Waals surface area contributed by atoms with Crippen LogP contribution in [0.15, 0.2) is 23.5 Å². The molecule has 0 radical (unpaired) electrons. The van der Waals surface area contributed by atoms with Crippen molar-refractivity contribution < 1.29 is 19.7 Å². The SMILES string of the molecule is COC(C)(C)c1cc2c(cc1O)[C@@]1(C)CCCC(C)(C)C1=C(O)C2=O. The first-order chi connectivity index (χ1) is 11.5. The Morgan fingerprint density at radius 1 is 1.12 bits per heavy atom. The van der Waals surface area contributed by atoms with Crippen molar-refractivity contribution in [2.45, 2.75) is 64.9 Å². The van der Waals surface area contributed by atoms with Crippen molar-refractivity contribution in [1.29, 1.82) is 0 Å². The van der Waals surface area contributed by atoms with E-state index in [0.717, 1.165) is 30.4 Å². The van der Waals surface area contributed by atoms with E-state index in [0.29, 0.717) is 11.1 Å². The summed E-state index contributed by atoms with van der Waals surface area (Å²) in [5, 5.41) is 21.4. The van der Waals surface area contributed by atoms with E-state index < -0.39 is 11.0 Å². The second-order valence-electron chi connectivity index (χ2n) is 8.75. The molecule has 1 atom stereocenters. The van der Waals surface area contributed by atoms with Gasteiger partial charge in [-0.3, -0.25) is 4.79 Å². The van der Waals surface area contributed by atoms with Gasteiger partial charge in [0.15, 0.2) is 5.76 Å². The summed E-state index contributed by atoms with van der Waals surface area (Å²) in [5.41, 5.74) is 1.22. The predicted molar refractivity (Wildman–Crippen MR) is 97.1 cm³/mol. The Balaban J connectivity index is 2.30. The van der Waals surface area contributed by atoms with Crippen molar-refractivity contribution in [2.75, 3.05) is 7.11 Å². The molecule has 1 aromatic rings. The lowest BCUT2D eigenvalue weighted by Crippen LogP contribution is -2.43. The zero-order valence-electron chi connectivity index (χ0n) is 16.0. The van der Waals surface area contributed by atoms with E-state index >= 15 is 0 Å². The van der Waals surface area contributed by atoms with Crippen molar-refractivity contribution >= 4 is 5.78 Å². The van der Waals surface area contributed by atoms with E-state index in [1.54, 1.807) is 19.2 Å². The fourth-order valence-corrected chi connectivity index (χ4v) is 4.80. The lowest BCUT2D eigenvalue weighted by molar-refractivity contribution is 0.0172. The van der Waals surface area contributed by atoms with Crippen molar-refractivity contribution in [1.82, 2.24) is 0 Å². The van der Waals surface area contributed by atoms with Crippen molar-refractivity contribution in [3.8, 4) is 5.75 Å². The van der Waals surface area contributed by atoms with Gasteiger partial charge in [-0.1, -0.05) is 27.2 Å². The molecule has 2 N–H and O–H groups in total. The molecule has 136 valence electrons. The van der Waals surface area contributed by atoms with Crippen LogP contribution in [0.4, 0.5) is 0 Å². The number of rotatable bonds is 2. The van der Waals surface area contributed by atoms with E-state index in [2.05, 4.69) is 20.8 Å². The molecule has 2 aliphatic carbocycles. The standard InChI is InChI=1S/C21H28O4/c1-19(2)8-7-9-21(5)13-11-15(22)14(20(3,4)25-6)10-12(13)16(23)17(24)18(19)21/h10-11,22,24H,7-9H2,1-6H3/t21-/m1/s1. The highest BCUT2D eigenvalue weighted by atomic mass is 16.5. The molecule has 4 nitrogen and oxygen atoms in total. The number of allylic oxidation sites excluding steroid dienone is 2. The maximum Gasteiger partial charge on any atom is 0.227 e. The van der Waals surface area contributed by atoms with Crippen LogP contribution in [-0.4, -0.2) is 23.1 Å². The first-order valence-electron chi connectivity index (χ1n) is 8.88. The van der Waals surface area contributed by atoms with Crippen molar-refractivity contribution in [2.24, 2.45) is 5.41 Å². The van der Waals surface area contributed by atoms with Crippen molar-refractivity contribution in [3.05, 3.63) is 40.2 Å². The van der Waals surface area contributed by atoms with Gasteiger partial charge in [-0.2, -0.15) is 0 Å². The maximum absolute atomic E-state index is 12.9. The number of ketones is 1. The second kappa shape index (κ2) is 5.34. The molecule has 0 spiro atoms. The largest absolute Gasteiger partial charge is 0.508 e. The molecular formula is C21H28O4. The minimum absolute atomic E-state index is 0.119. The highest BCUT2D eigenvalue weighted by Crippen LogP contribution is 2.56. The highest BCUT2D eigenvalue weighted by molar-refractivity contribution is 6.11. The molecular weight excluding hydrogens is 316 g/mol. The Bertz CT molecular complexity index is 785. The second-order valence-corrected chi connectivity index (χ2v) is 8.75. The number of phenols is 1. The quantitative estimate of drug-likeness (QED) is 0.812. The van der Waals surface area contributed by atoms with Crippen LogP contribution in [0.5, 0.6) is 5.75 Å². The monoisotopic (exact) mass is 344 g/mol. The maximum atomic E-state index is 12.9. The zero-order chi connectivity index (χ0) is 18.8. The normalized spacial score (nSPS) is 25.6. The lowest BCUT2D eigenvalue weighted by Gasteiger charge is -2.49. The first kappa shape index (κ1) is 18.0. The minimum Gasteiger partial charge on any atom is -0.508 e. The van der Waals surface area contributed by atoms with Crippen LogP contribution >= 0.6 is 0 Å². The predicted octanol–water partition coefficient (Wildman–Crippen LogP) is 4.75. The molecule has 1 saturated carbocycles. The van der Waals surface area contributed by atoms with Crippen LogP contribution in [0, 0.1) is 5.41 Å². The van der Waals surface area contributed by atoms with Crippen LogP contribution in [0.1, 0.15) is 75.4 Å². The molecule has 1 fully saturated rings. The topological polar surface area (TPSA) is 66.8 Å². The Kier molecular flexibility index (Phi) is 3.84. The number of carbonyl (C=O) groups excluding carboxylic acids is 1. The van der Waals surface area contributed by atoms with Crippen LogP contribution in [-0.2, 0) is 15.8 Å². The van der Waals surface area contributed by atoms with Gasteiger partial charge in [-0.15, -0.1) is 0 Å². The number of methoxy groups -OCH3 is 1. The highest BCUT2D eigenvalue weighted by Gasteiger charge is 2.50. The summed E-state index contributed by atoms with van der Waals surface area (Å²) in [6, 6.07) is 3.40. The Morgan fingerprint density at radius 3 is 2.36 bits per heavy atom. The fraction of sp³-hybridized carbons (Fsp3) is 0.571. The molecule has 0 unspecified atom stereocenters. The molecule has 0 aliphatic heterocycles. The third-order valence-corrected chi connectivity index (χ3v) is 6.29. The van der Waals surface area contributed by atoms with E-state index in [4.69, 9.17) is 4.74 Å². The summed E-state index contributed by atoms with van der Waals surface area (Å²) in [4.78, 5) is 12.9. The van der Waals surface area contributed by atoms with Gasteiger partial charge < -0.3 is 14.9 Å². The third kappa shape index (κ3) is 2.42. The number of Topliss-reactive ketones (excluding diaryl/α,β-unsaturated/α-hetero) is 1. The number of carbonyl (C=O) groups is 1. The molecule has 0 heterocycles. The number of phenolic OH excluding ortho intramolecular Hbond substituents is 1. The van der Waals surface area contributed by atoms with Gasteiger partial charge in [0.25, 0.3) is 0 Å². The van der Waals surface area contributed by atoms with Gasteiger partial charge in [0.2, 0.25) is 5.78 Å². The van der Waals surface area contributed by atoms with E-state index in [1.165, 1.54) is 0 Å². The molecule has 3 rings (SSSR count). The zero-order valence-corrected chi connectivity index (χ0v) is 16.0. The number of hydrogen-bond acceptors (Lipinski definition) is 4. The average molecular weight is 344 g/mol. The number of aliphatic hydroxyl groups excluding tert-OH is 1. The number of fused-ring (bicyclic) bond motifs is 3. The number of aromatic hydroxyl groups is 1. The molecule has 0 saturated heterocycles. The molecule has 0 aromatic heterocycles. The summed E-state index contributed by atoms with van der Waals surface area (Å²) in [7, 11) is 1.57. The Hall–Kier alpha value is -1.81. The molecule has 1 aromatic carbocycles. The Morgan fingerprint density at radius 2 is 1.76 bits per heavy atom. The third-order valence-electron chi connectivity index (χ3n) is 6.29. The van der Waals surface area contributed by atoms with Crippen LogP contribution < -0.4 is 0 Å². The van der Waals surface area contributed by atoms with Crippen LogP contribution in [0.3, 0.4) is 0 Å². The lowest BCUT2D eigenvalue weighted by atomic mass is 9.54. The summed E-state index contributed by atoms with van der Waals surface area (Å²) < 4.78 is 5.48. The van der Waals surface area contributed by atoms with Gasteiger partial charge in [-0.05, 0) is 55.4 Å². The first-order valence-corrected chi connectivity index (χ1v) is 8.88. The summed E-state index contributed by atoms with van der Waals surface area (Å²) in [6.07, 6.45) is 2.80. The van der Waals surface area contributed by atoms with E-state index in [9.17, 15) is 15.0 Å².